The summed E-state index contributed by atoms with van der Waals surface area (Å²) in [5.74, 6) is 0.513. The summed E-state index contributed by atoms with van der Waals surface area (Å²) >= 11 is 0. The number of amides is 1. The third-order valence-corrected chi connectivity index (χ3v) is 7.84. The molecule has 5 heteroatoms. The lowest BCUT2D eigenvalue weighted by Gasteiger charge is -2.32. The lowest BCUT2D eigenvalue weighted by molar-refractivity contribution is 0.0477. The van der Waals surface area contributed by atoms with Crippen molar-refractivity contribution in [3.8, 4) is 0 Å². The third kappa shape index (κ3) is 5.65. The van der Waals surface area contributed by atoms with E-state index in [0.29, 0.717) is 5.92 Å². The topological polar surface area (TPSA) is 54.1 Å². The molecule has 1 fully saturated rings. The number of carbonyl (C=O) groups is 1. The Hall–Kier alpha value is -1.75. The van der Waals surface area contributed by atoms with Crippen molar-refractivity contribution in [3.63, 3.8) is 0 Å². The van der Waals surface area contributed by atoms with Gasteiger partial charge in [0.2, 0.25) is 0 Å². The fourth-order valence-corrected chi connectivity index (χ4v) is 6.25. The first kappa shape index (κ1) is 21.9. The first-order chi connectivity index (χ1) is 13.5. The molecule has 160 valence electrons. The fourth-order valence-electron chi connectivity index (χ4n) is 4.60. The van der Waals surface area contributed by atoms with Crippen molar-refractivity contribution in [2.45, 2.75) is 90.6 Å². The van der Waals surface area contributed by atoms with E-state index in [1.54, 1.807) is 0 Å². The number of carbonyl (C=O) groups excluding carboxylic acids is 1. The standard InChI is InChI=1S/C24H38N2O2Si/c1-24(2,3)28-23(27)26-21(17-12-8-7-9-13-17)16-19-18-14-10-11-15-20(18)25-22(19)29(4,5)6/h10-11,14-15,17,21,25H,7-9,12-13,16H2,1-6H3,(H,26,27)/t21-/m1/s1. The number of benzene rings is 1. The molecule has 1 amide bonds. The minimum Gasteiger partial charge on any atom is -0.444 e. The van der Waals surface area contributed by atoms with E-state index >= 15 is 0 Å². The number of H-pyrrole nitrogens is 1. The molecule has 29 heavy (non-hydrogen) atoms. The van der Waals surface area contributed by atoms with Crippen LogP contribution in [0.25, 0.3) is 10.9 Å². The summed E-state index contributed by atoms with van der Waals surface area (Å²) < 4.78 is 5.61. The molecule has 1 atom stereocenters. The number of aromatic nitrogens is 1. The smallest absolute Gasteiger partial charge is 0.407 e. The van der Waals surface area contributed by atoms with Crippen LogP contribution in [0.5, 0.6) is 0 Å². The van der Waals surface area contributed by atoms with Crippen LogP contribution in [0, 0.1) is 5.92 Å². The summed E-state index contributed by atoms with van der Waals surface area (Å²) in [5, 5.41) is 5.98. The Balaban J connectivity index is 1.94. The van der Waals surface area contributed by atoms with Crippen molar-refractivity contribution >= 4 is 30.4 Å². The first-order valence-electron chi connectivity index (χ1n) is 11.1. The van der Waals surface area contributed by atoms with E-state index in [2.05, 4.69) is 54.2 Å². The Morgan fingerprint density at radius 2 is 1.83 bits per heavy atom. The predicted octanol–water partition coefficient (Wildman–Crippen LogP) is 5.73. The second kappa shape index (κ2) is 8.55. The summed E-state index contributed by atoms with van der Waals surface area (Å²) in [6, 6.07) is 8.70. The van der Waals surface area contributed by atoms with Gasteiger partial charge in [0.05, 0.1) is 8.07 Å². The Kier molecular flexibility index (Phi) is 6.47. The third-order valence-electron chi connectivity index (χ3n) is 5.91. The lowest BCUT2D eigenvalue weighted by atomic mass is 9.81. The second-order valence-electron chi connectivity index (χ2n) is 10.6. The van der Waals surface area contributed by atoms with E-state index in [1.165, 1.54) is 53.9 Å². The van der Waals surface area contributed by atoms with Crippen LogP contribution in [-0.2, 0) is 11.2 Å². The highest BCUT2D eigenvalue weighted by molar-refractivity contribution is 6.88. The van der Waals surface area contributed by atoms with Crippen LogP contribution in [0.3, 0.4) is 0 Å². The quantitative estimate of drug-likeness (QED) is 0.614. The molecular formula is C24H38N2O2Si. The molecule has 1 aromatic carbocycles. The number of rotatable bonds is 5. The Bertz CT molecular complexity index is 839. The molecule has 1 aromatic heterocycles. The molecule has 1 aliphatic carbocycles. The zero-order valence-corrected chi connectivity index (χ0v) is 20.0. The maximum absolute atomic E-state index is 12.7. The zero-order valence-electron chi connectivity index (χ0n) is 19.0. The fraction of sp³-hybridized carbons (Fsp3) is 0.625. The average Bonchev–Trinajstić information content (AvgIpc) is 2.99. The second-order valence-corrected chi connectivity index (χ2v) is 15.6. The molecule has 0 radical (unpaired) electrons. The number of aromatic amines is 1. The molecule has 0 spiro atoms. The van der Waals surface area contributed by atoms with Gasteiger partial charge in [-0.05, 0) is 57.6 Å². The predicted molar refractivity (Wildman–Crippen MR) is 125 cm³/mol. The van der Waals surface area contributed by atoms with Gasteiger partial charge in [-0.1, -0.05) is 57.1 Å². The van der Waals surface area contributed by atoms with Gasteiger partial charge in [0.1, 0.15) is 5.60 Å². The largest absolute Gasteiger partial charge is 0.444 e. The van der Waals surface area contributed by atoms with Crippen LogP contribution in [0.1, 0.15) is 58.4 Å². The van der Waals surface area contributed by atoms with Crippen LogP contribution in [0.2, 0.25) is 19.6 Å². The summed E-state index contributed by atoms with van der Waals surface area (Å²) in [6.45, 7) is 12.9. The van der Waals surface area contributed by atoms with E-state index in [1.807, 2.05) is 20.8 Å². The van der Waals surface area contributed by atoms with E-state index in [-0.39, 0.29) is 12.1 Å². The molecule has 1 saturated carbocycles. The Morgan fingerprint density at radius 1 is 1.17 bits per heavy atom. The van der Waals surface area contributed by atoms with Crippen molar-refractivity contribution < 1.29 is 9.53 Å². The molecule has 4 nitrogen and oxygen atoms in total. The van der Waals surface area contributed by atoms with Crippen molar-refractivity contribution in [3.05, 3.63) is 29.8 Å². The number of ether oxygens (including phenoxy) is 1. The Labute approximate surface area is 176 Å². The molecule has 0 bridgehead atoms. The van der Waals surface area contributed by atoms with Gasteiger partial charge < -0.3 is 15.0 Å². The number of hydrogen-bond acceptors (Lipinski definition) is 2. The Morgan fingerprint density at radius 3 is 2.45 bits per heavy atom. The number of para-hydroxylation sites is 1. The van der Waals surface area contributed by atoms with Crippen molar-refractivity contribution in [2.24, 2.45) is 5.92 Å². The SMILES string of the molecule is CC(C)(C)OC(=O)N[C@H](Cc1c([Si](C)(C)C)[nH]c2ccccc12)C1CCCCC1. The molecule has 2 N–H and O–H groups in total. The maximum Gasteiger partial charge on any atom is 0.407 e. The molecule has 3 rings (SSSR count). The monoisotopic (exact) mass is 414 g/mol. The summed E-state index contributed by atoms with van der Waals surface area (Å²) in [6.07, 6.45) is 6.77. The van der Waals surface area contributed by atoms with Gasteiger partial charge in [0, 0.05) is 22.3 Å². The molecule has 1 aliphatic rings. The van der Waals surface area contributed by atoms with Crippen molar-refractivity contribution in [2.75, 3.05) is 0 Å². The summed E-state index contributed by atoms with van der Waals surface area (Å²) in [7, 11) is -1.55. The van der Waals surface area contributed by atoms with Crippen LogP contribution >= 0.6 is 0 Å². The van der Waals surface area contributed by atoms with E-state index < -0.39 is 13.7 Å². The number of alkyl carbamates (subject to hydrolysis) is 1. The minimum atomic E-state index is -1.55. The van der Waals surface area contributed by atoms with E-state index in [4.69, 9.17) is 4.74 Å². The summed E-state index contributed by atoms with van der Waals surface area (Å²) in [4.78, 5) is 16.4. The van der Waals surface area contributed by atoms with Gasteiger partial charge in [-0.3, -0.25) is 0 Å². The lowest BCUT2D eigenvalue weighted by Crippen LogP contribution is -2.47. The molecule has 0 aliphatic heterocycles. The van der Waals surface area contributed by atoms with Gasteiger partial charge >= 0.3 is 6.09 Å². The van der Waals surface area contributed by atoms with Gasteiger partial charge in [0.25, 0.3) is 0 Å². The molecular weight excluding hydrogens is 376 g/mol. The van der Waals surface area contributed by atoms with E-state index in [9.17, 15) is 4.79 Å². The highest BCUT2D eigenvalue weighted by Gasteiger charge is 2.31. The number of hydrogen-bond donors (Lipinski definition) is 2. The van der Waals surface area contributed by atoms with E-state index in [0.717, 1.165) is 6.42 Å². The average molecular weight is 415 g/mol. The molecule has 1 heterocycles. The highest BCUT2D eigenvalue weighted by Crippen LogP contribution is 2.30. The number of nitrogens with one attached hydrogen (secondary N) is 2. The van der Waals surface area contributed by atoms with Crippen LogP contribution in [-0.4, -0.2) is 30.8 Å². The molecule has 2 aromatic rings. The van der Waals surface area contributed by atoms with Crippen LogP contribution in [0.4, 0.5) is 4.79 Å². The van der Waals surface area contributed by atoms with Crippen LogP contribution < -0.4 is 10.6 Å². The van der Waals surface area contributed by atoms with Crippen molar-refractivity contribution in [1.82, 2.24) is 10.3 Å². The molecule has 0 saturated heterocycles. The van der Waals surface area contributed by atoms with Gasteiger partial charge in [-0.25, -0.2) is 4.79 Å². The highest BCUT2D eigenvalue weighted by atomic mass is 28.3. The van der Waals surface area contributed by atoms with Crippen LogP contribution in [0.15, 0.2) is 24.3 Å². The zero-order chi connectivity index (χ0) is 21.2. The minimum absolute atomic E-state index is 0.111. The van der Waals surface area contributed by atoms with Gasteiger partial charge in [-0.2, -0.15) is 0 Å². The number of fused-ring (bicyclic) bond motifs is 1. The van der Waals surface area contributed by atoms with Gasteiger partial charge in [0.15, 0.2) is 0 Å². The molecule has 0 unspecified atom stereocenters. The first-order valence-corrected chi connectivity index (χ1v) is 14.6. The van der Waals surface area contributed by atoms with Crippen molar-refractivity contribution in [1.29, 1.82) is 0 Å². The van der Waals surface area contributed by atoms with Gasteiger partial charge in [-0.15, -0.1) is 0 Å². The normalized spacial score (nSPS) is 17.3. The maximum atomic E-state index is 12.7. The summed E-state index contributed by atoms with van der Waals surface area (Å²) in [5.41, 5.74) is 2.12.